The molecule has 83 heavy (non-hydrogen) atoms. The molecule has 0 amide bonds. The lowest BCUT2D eigenvalue weighted by molar-refractivity contribution is -0.156. The Bertz CT molecular complexity index is 1850. The van der Waals surface area contributed by atoms with Crippen molar-refractivity contribution in [3.05, 3.63) is 0 Å². The highest BCUT2D eigenvalue weighted by Gasteiger charge is 2.43. The van der Waals surface area contributed by atoms with Gasteiger partial charge in [0, 0.05) is 0 Å². The molecule has 8 aliphatic rings. The minimum Gasteiger partial charge on any atom is -0.465 e. The highest BCUT2D eigenvalue weighted by atomic mass is 16.5. The number of hydrogen-bond acceptors (Lipinski definition) is 10. The summed E-state index contributed by atoms with van der Waals surface area (Å²) in [6.45, 7) is 33.0. The van der Waals surface area contributed by atoms with Crippen molar-refractivity contribution in [2.24, 2.45) is 92.2 Å². The van der Waals surface area contributed by atoms with Gasteiger partial charge >= 0.3 is 29.8 Å². The molecule has 0 aromatic rings. The van der Waals surface area contributed by atoms with Gasteiger partial charge in [-0.25, -0.2) is 0 Å². The molecule has 0 radical (unpaired) electrons. The molecular weight excluding hydrogens is 1040 g/mol. The Kier molecular flexibility index (Phi) is 31.0. The molecule has 8 aliphatic carbocycles. The van der Waals surface area contributed by atoms with E-state index in [9.17, 15) is 24.0 Å². The Morgan fingerprint density at radius 1 is 0.313 bits per heavy atom. The second-order valence-corrected chi connectivity index (χ2v) is 31.2. The van der Waals surface area contributed by atoms with E-state index in [0.717, 1.165) is 105 Å². The topological polar surface area (TPSA) is 132 Å². The van der Waals surface area contributed by atoms with Crippen LogP contribution in [0.5, 0.6) is 0 Å². The molecule has 6 bridgehead atoms. The lowest BCUT2D eigenvalue weighted by atomic mass is 9.86. The second kappa shape index (κ2) is 35.4. The minimum atomic E-state index is -0.315. The molecule has 10 heteroatoms. The fourth-order valence-electron chi connectivity index (χ4n) is 14.3. The fraction of sp³-hybridized carbons (Fsp3) is 0.932. The summed E-state index contributed by atoms with van der Waals surface area (Å²) in [7, 11) is 0. The summed E-state index contributed by atoms with van der Waals surface area (Å²) < 4.78 is 27.1. The van der Waals surface area contributed by atoms with E-state index in [4.69, 9.17) is 23.7 Å². The zero-order valence-corrected chi connectivity index (χ0v) is 56.6. The second-order valence-electron chi connectivity index (χ2n) is 31.2. The summed E-state index contributed by atoms with van der Waals surface area (Å²) in [6, 6.07) is 0. The van der Waals surface area contributed by atoms with Gasteiger partial charge in [-0.1, -0.05) is 118 Å². The lowest BCUT2D eigenvalue weighted by Gasteiger charge is -2.25. The molecule has 0 heterocycles. The van der Waals surface area contributed by atoms with Gasteiger partial charge in [0.1, 0.15) is 0 Å². The van der Waals surface area contributed by atoms with E-state index in [1.807, 2.05) is 104 Å². The van der Waals surface area contributed by atoms with Gasteiger partial charge in [-0.2, -0.15) is 0 Å². The summed E-state index contributed by atoms with van der Waals surface area (Å²) in [5.41, 5.74) is -1.56. The van der Waals surface area contributed by atoms with Crippen LogP contribution in [0.1, 0.15) is 309 Å². The van der Waals surface area contributed by atoms with E-state index >= 15 is 0 Å². The van der Waals surface area contributed by atoms with Gasteiger partial charge in [-0.15, -0.1) is 0 Å². The third-order valence-corrected chi connectivity index (χ3v) is 22.8. The van der Waals surface area contributed by atoms with E-state index in [1.165, 1.54) is 154 Å². The van der Waals surface area contributed by atoms with E-state index < -0.39 is 0 Å². The molecule has 9 unspecified atom stereocenters. The Balaban J connectivity index is 0.000000223. The molecule has 0 aliphatic heterocycles. The third-order valence-electron chi connectivity index (χ3n) is 22.8. The smallest absolute Gasteiger partial charge is 0.311 e. The summed E-state index contributed by atoms with van der Waals surface area (Å²) >= 11 is 0. The molecule has 9 atom stereocenters. The standard InChI is InChI=1S/C16H28O2.C15H28O2.2C14H24O2.C14H26O2/c1-4-16(2,3)15(17)18-9-5-6-13-10-12-7-8-14(13)11-12;1-4-15(2,3)14(16)17-12-8-11-13-9-6-5-7-10-13;2*1-4-14(2,3)13(15)16-9-12-8-10-5-6-11(12)7-10;1-4-14(2,3)13(15)16-11-10-12-8-6-5-7-9-12/h12-14H,4-11H2,1-3H3;13H,4-12H2,1-3H3;2*10-12H,4-9H2,1-3H3;12H,4-11H2,1-3H3. The van der Waals surface area contributed by atoms with E-state index in [0.29, 0.717) is 44.9 Å². The van der Waals surface area contributed by atoms with Crippen LogP contribution in [0.25, 0.3) is 0 Å². The molecular formula is C73H130O10. The van der Waals surface area contributed by atoms with Crippen molar-refractivity contribution in [1.29, 1.82) is 0 Å². The number of ether oxygens (including phenoxy) is 5. The normalized spacial score (nSPS) is 26.7. The monoisotopic (exact) mass is 1170 g/mol. The van der Waals surface area contributed by atoms with Gasteiger partial charge in [0.05, 0.1) is 60.1 Å². The zero-order valence-electron chi connectivity index (χ0n) is 56.6. The Morgan fingerprint density at radius 3 is 0.904 bits per heavy atom. The van der Waals surface area contributed by atoms with Crippen LogP contribution < -0.4 is 0 Å². The maximum atomic E-state index is 11.8. The molecule has 0 saturated heterocycles. The number of carbonyl (C=O) groups is 5. The molecule has 0 aromatic carbocycles. The Morgan fingerprint density at radius 2 is 0.602 bits per heavy atom. The summed E-state index contributed by atoms with van der Waals surface area (Å²) in [6.07, 6.45) is 40.4. The highest BCUT2D eigenvalue weighted by molar-refractivity contribution is 5.77. The number of hydrogen-bond donors (Lipinski definition) is 0. The maximum Gasteiger partial charge on any atom is 0.311 e. The van der Waals surface area contributed by atoms with Gasteiger partial charge in [0.15, 0.2) is 0 Å². The first-order valence-corrected chi connectivity index (χ1v) is 35.1. The van der Waals surface area contributed by atoms with Crippen molar-refractivity contribution < 1.29 is 47.7 Å². The molecule has 8 rings (SSSR count). The van der Waals surface area contributed by atoms with Crippen molar-refractivity contribution in [3.8, 4) is 0 Å². The van der Waals surface area contributed by atoms with Gasteiger partial charge in [0.2, 0.25) is 0 Å². The van der Waals surface area contributed by atoms with Crippen LogP contribution in [-0.2, 0) is 47.7 Å². The van der Waals surface area contributed by atoms with Crippen molar-refractivity contribution in [2.45, 2.75) is 309 Å². The summed E-state index contributed by atoms with van der Waals surface area (Å²) in [4.78, 5) is 58.9. The number of esters is 5. The minimum absolute atomic E-state index is 0.0160. The van der Waals surface area contributed by atoms with Crippen LogP contribution in [0, 0.1) is 92.2 Å². The average molecular weight is 1170 g/mol. The van der Waals surface area contributed by atoms with Crippen molar-refractivity contribution in [3.63, 3.8) is 0 Å². The molecule has 10 nitrogen and oxygen atoms in total. The van der Waals surface area contributed by atoms with E-state index in [2.05, 4.69) is 0 Å². The Hall–Kier alpha value is -2.65. The number of carbonyl (C=O) groups excluding carboxylic acids is 5. The van der Waals surface area contributed by atoms with Gasteiger partial charge in [-0.3, -0.25) is 24.0 Å². The van der Waals surface area contributed by atoms with Crippen LogP contribution >= 0.6 is 0 Å². The van der Waals surface area contributed by atoms with Crippen LogP contribution in [0.2, 0.25) is 0 Å². The fourth-order valence-corrected chi connectivity index (χ4v) is 14.3. The van der Waals surface area contributed by atoms with Crippen LogP contribution in [0.4, 0.5) is 0 Å². The van der Waals surface area contributed by atoms with Crippen LogP contribution in [0.3, 0.4) is 0 Å². The predicted molar refractivity (Wildman–Crippen MR) is 338 cm³/mol. The Labute approximate surface area is 509 Å². The quantitative estimate of drug-likeness (QED) is 0.0494. The van der Waals surface area contributed by atoms with E-state index in [1.54, 1.807) is 0 Å². The molecule has 0 N–H and O–H groups in total. The predicted octanol–water partition coefficient (Wildman–Crippen LogP) is 19.2. The van der Waals surface area contributed by atoms with Crippen molar-refractivity contribution in [1.82, 2.24) is 0 Å². The van der Waals surface area contributed by atoms with E-state index in [-0.39, 0.29) is 56.9 Å². The first kappa shape index (κ1) is 72.8. The number of rotatable bonds is 25. The average Bonchev–Trinajstić information content (AvgIpc) is 4.48. The highest BCUT2D eigenvalue weighted by Crippen LogP contribution is 2.51. The van der Waals surface area contributed by atoms with Crippen LogP contribution in [-0.4, -0.2) is 62.9 Å². The molecule has 0 spiro atoms. The molecule has 482 valence electrons. The summed E-state index contributed by atoms with van der Waals surface area (Å²) in [5, 5.41) is 0. The maximum absolute atomic E-state index is 11.8. The van der Waals surface area contributed by atoms with Gasteiger partial charge in [0.25, 0.3) is 0 Å². The largest absolute Gasteiger partial charge is 0.465 e. The number of fused-ring (bicyclic) bond motifs is 6. The molecule has 0 aromatic heterocycles. The first-order valence-electron chi connectivity index (χ1n) is 35.1. The third kappa shape index (κ3) is 24.4. The van der Waals surface area contributed by atoms with Crippen molar-refractivity contribution >= 4 is 29.8 Å². The van der Waals surface area contributed by atoms with Crippen molar-refractivity contribution in [2.75, 3.05) is 33.0 Å². The lowest BCUT2D eigenvalue weighted by Crippen LogP contribution is -2.28. The summed E-state index contributed by atoms with van der Waals surface area (Å²) in [5.74, 6) is 9.41. The molecule has 8 fully saturated rings. The SMILES string of the molecule is CCC(C)(C)C(=O)OCC1CC2CCC1C2.CCC(C)(C)C(=O)OCC1CC2CCC1C2.CCC(C)(C)C(=O)OCCC1CCCCC1.CCC(C)(C)C(=O)OCCCC1CC2CCC1C2.CCC(C)(C)C(=O)OCCCC1CCCCC1. The zero-order chi connectivity index (χ0) is 61.4. The van der Waals surface area contributed by atoms with Gasteiger partial charge < -0.3 is 23.7 Å². The van der Waals surface area contributed by atoms with Gasteiger partial charge in [-0.05, 0) is 256 Å². The van der Waals surface area contributed by atoms with Crippen LogP contribution in [0.15, 0.2) is 0 Å². The first-order chi connectivity index (χ1) is 39.2. The molecule has 8 saturated carbocycles.